The van der Waals surface area contributed by atoms with E-state index in [1.807, 2.05) is 24.4 Å². The molecule has 23 heavy (non-hydrogen) atoms. The van der Waals surface area contributed by atoms with Crippen molar-refractivity contribution in [2.24, 2.45) is 0 Å². The van der Waals surface area contributed by atoms with Crippen molar-refractivity contribution in [3.63, 3.8) is 0 Å². The smallest absolute Gasteiger partial charge is 0.226 e. The van der Waals surface area contributed by atoms with E-state index in [0.29, 0.717) is 11.6 Å². The molecule has 0 bridgehead atoms. The van der Waals surface area contributed by atoms with Crippen LogP contribution < -0.4 is 10.2 Å². The lowest BCUT2D eigenvalue weighted by Gasteiger charge is -2.15. The predicted molar refractivity (Wildman–Crippen MR) is 92.8 cm³/mol. The lowest BCUT2D eigenvalue weighted by atomic mass is 10.1. The molecule has 2 amide bonds. The summed E-state index contributed by atoms with van der Waals surface area (Å²) in [5.41, 5.74) is 3.94. The summed E-state index contributed by atoms with van der Waals surface area (Å²) in [5.74, 6) is 0.0526. The molecule has 6 heteroatoms. The second-order valence-corrected chi connectivity index (χ2v) is 6.46. The number of carbonyl (C=O) groups is 2. The van der Waals surface area contributed by atoms with Crippen molar-refractivity contribution >= 4 is 34.0 Å². The Hall–Kier alpha value is -2.21. The van der Waals surface area contributed by atoms with Gasteiger partial charge in [0.15, 0.2) is 5.13 Å². The molecule has 2 aromatic rings. The highest BCUT2D eigenvalue weighted by molar-refractivity contribution is 7.14. The Labute approximate surface area is 139 Å². The third kappa shape index (κ3) is 3.27. The quantitative estimate of drug-likeness (QED) is 0.934. The Morgan fingerprint density at radius 1 is 1.39 bits per heavy atom. The van der Waals surface area contributed by atoms with Crippen molar-refractivity contribution in [1.82, 2.24) is 4.98 Å². The maximum Gasteiger partial charge on any atom is 0.226 e. The molecule has 3 rings (SSSR count). The molecule has 5 nitrogen and oxygen atoms in total. The molecule has 0 fully saturated rings. The molecule has 0 saturated carbocycles. The first-order valence-electron chi connectivity index (χ1n) is 7.75. The zero-order chi connectivity index (χ0) is 16.4. The van der Waals surface area contributed by atoms with E-state index < -0.39 is 0 Å². The summed E-state index contributed by atoms with van der Waals surface area (Å²) in [7, 11) is 0. The number of benzene rings is 1. The van der Waals surface area contributed by atoms with Crippen molar-refractivity contribution in [2.75, 3.05) is 16.8 Å². The maximum atomic E-state index is 11.7. The van der Waals surface area contributed by atoms with Gasteiger partial charge < -0.3 is 10.2 Å². The van der Waals surface area contributed by atoms with Crippen molar-refractivity contribution in [3.8, 4) is 11.3 Å². The summed E-state index contributed by atoms with van der Waals surface area (Å²) >= 11 is 1.42. The molecule has 1 N–H and O–H groups in total. The number of fused-ring (bicyclic) bond motifs is 1. The normalized spacial score (nSPS) is 13.0. The largest absolute Gasteiger partial charge is 0.312 e. The highest BCUT2D eigenvalue weighted by Gasteiger charge is 2.22. The number of anilines is 2. The highest BCUT2D eigenvalue weighted by Crippen LogP contribution is 2.34. The van der Waals surface area contributed by atoms with Crippen LogP contribution >= 0.6 is 11.3 Å². The van der Waals surface area contributed by atoms with Crippen LogP contribution in [0.3, 0.4) is 0 Å². The number of carbonyl (C=O) groups excluding carboxylic acids is 2. The Morgan fingerprint density at radius 3 is 2.96 bits per heavy atom. The van der Waals surface area contributed by atoms with Gasteiger partial charge in [-0.15, -0.1) is 11.3 Å². The number of hydrogen-bond donors (Lipinski definition) is 1. The van der Waals surface area contributed by atoms with Gasteiger partial charge in [0.1, 0.15) is 0 Å². The van der Waals surface area contributed by atoms with Gasteiger partial charge in [0, 0.05) is 36.5 Å². The van der Waals surface area contributed by atoms with Gasteiger partial charge in [-0.1, -0.05) is 19.1 Å². The number of nitrogens with one attached hydrogen (secondary N) is 1. The van der Waals surface area contributed by atoms with Gasteiger partial charge in [-0.2, -0.15) is 0 Å². The van der Waals surface area contributed by atoms with Crippen LogP contribution in [0.2, 0.25) is 0 Å². The molecular formula is C17H19N3O2S. The molecule has 1 aromatic heterocycles. The summed E-state index contributed by atoms with van der Waals surface area (Å²) in [5, 5.41) is 5.36. The molecule has 1 aliphatic rings. The van der Waals surface area contributed by atoms with Crippen molar-refractivity contribution in [1.29, 1.82) is 0 Å². The first-order chi connectivity index (χ1) is 11.1. The minimum Gasteiger partial charge on any atom is -0.312 e. The van der Waals surface area contributed by atoms with E-state index in [-0.39, 0.29) is 11.8 Å². The molecule has 0 atom stereocenters. The topological polar surface area (TPSA) is 62.3 Å². The van der Waals surface area contributed by atoms with Gasteiger partial charge in [-0.25, -0.2) is 4.98 Å². The van der Waals surface area contributed by atoms with Gasteiger partial charge in [-0.3, -0.25) is 9.59 Å². The Kier molecular flexibility index (Phi) is 4.43. The molecular weight excluding hydrogens is 310 g/mol. The molecule has 1 aromatic carbocycles. The fraction of sp³-hybridized carbons (Fsp3) is 0.353. The van der Waals surface area contributed by atoms with Crippen LogP contribution in [0.1, 0.15) is 32.3 Å². The molecule has 0 spiro atoms. The number of hydrogen-bond acceptors (Lipinski definition) is 4. The van der Waals surface area contributed by atoms with Gasteiger partial charge in [0.2, 0.25) is 11.8 Å². The number of rotatable bonds is 4. The van der Waals surface area contributed by atoms with Gasteiger partial charge in [0.25, 0.3) is 0 Å². The molecule has 1 aliphatic heterocycles. The average molecular weight is 329 g/mol. The third-order valence-electron chi connectivity index (χ3n) is 3.88. The standard InChI is InChI=1S/C17H19N3O2S/c1-3-4-16(22)19-17-18-14(10-23-17)13-6-5-12-7-8-20(11(2)21)15(12)9-13/h5-6,9-10H,3-4,7-8H2,1-2H3,(H,18,19,22). The lowest BCUT2D eigenvalue weighted by molar-refractivity contribution is -0.117. The number of aromatic nitrogens is 1. The second-order valence-electron chi connectivity index (χ2n) is 5.60. The molecule has 0 saturated heterocycles. The minimum atomic E-state index is -0.00916. The van der Waals surface area contributed by atoms with E-state index in [9.17, 15) is 9.59 Å². The number of amides is 2. The summed E-state index contributed by atoms with van der Waals surface area (Å²) in [4.78, 5) is 29.6. The molecule has 2 heterocycles. The summed E-state index contributed by atoms with van der Waals surface area (Å²) in [6.45, 7) is 4.30. The van der Waals surface area contributed by atoms with Crippen LogP contribution in [0.15, 0.2) is 23.6 Å². The van der Waals surface area contributed by atoms with Gasteiger partial charge in [0.05, 0.1) is 5.69 Å². The van der Waals surface area contributed by atoms with Crippen LogP contribution in [0.5, 0.6) is 0 Å². The van der Waals surface area contributed by atoms with E-state index in [4.69, 9.17) is 0 Å². The fourth-order valence-electron chi connectivity index (χ4n) is 2.74. The van der Waals surface area contributed by atoms with Crippen LogP contribution in [0.25, 0.3) is 11.3 Å². The first kappa shape index (κ1) is 15.7. The van der Waals surface area contributed by atoms with Crippen molar-refractivity contribution in [3.05, 3.63) is 29.1 Å². The van der Waals surface area contributed by atoms with Crippen molar-refractivity contribution < 1.29 is 9.59 Å². The number of thiazole rings is 1. The predicted octanol–water partition coefficient (Wildman–Crippen LogP) is 3.46. The average Bonchev–Trinajstić information content (AvgIpc) is 3.13. The van der Waals surface area contributed by atoms with Crippen molar-refractivity contribution in [2.45, 2.75) is 33.1 Å². The minimum absolute atomic E-state index is 0.00916. The maximum absolute atomic E-state index is 11.7. The van der Waals surface area contributed by atoms with Crippen LogP contribution in [0, 0.1) is 0 Å². The van der Waals surface area contributed by atoms with E-state index in [1.54, 1.807) is 11.8 Å². The lowest BCUT2D eigenvalue weighted by Crippen LogP contribution is -2.25. The Bertz CT molecular complexity index is 754. The van der Waals surface area contributed by atoms with E-state index in [0.717, 1.165) is 36.3 Å². The van der Waals surface area contributed by atoms with E-state index >= 15 is 0 Å². The van der Waals surface area contributed by atoms with Crippen LogP contribution in [0.4, 0.5) is 10.8 Å². The zero-order valence-corrected chi connectivity index (χ0v) is 14.1. The van der Waals surface area contributed by atoms with Crippen LogP contribution in [-0.2, 0) is 16.0 Å². The zero-order valence-electron chi connectivity index (χ0n) is 13.3. The fourth-order valence-corrected chi connectivity index (χ4v) is 3.47. The third-order valence-corrected chi connectivity index (χ3v) is 4.64. The highest BCUT2D eigenvalue weighted by atomic mass is 32.1. The molecule has 120 valence electrons. The molecule has 0 unspecified atom stereocenters. The SMILES string of the molecule is CCCC(=O)Nc1nc(-c2ccc3c(c2)N(C(C)=O)CC3)cs1. The summed E-state index contributed by atoms with van der Waals surface area (Å²) in [6.07, 6.45) is 2.21. The molecule has 0 aliphatic carbocycles. The van der Waals surface area contributed by atoms with Gasteiger partial charge >= 0.3 is 0 Å². The molecule has 0 radical (unpaired) electrons. The van der Waals surface area contributed by atoms with E-state index in [1.165, 1.54) is 16.9 Å². The monoisotopic (exact) mass is 329 g/mol. The number of nitrogens with zero attached hydrogens (tertiary/aromatic N) is 2. The van der Waals surface area contributed by atoms with E-state index in [2.05, 4.69) is 16.4 Å². The summed E-state index contributed by atoms with van der Waals surface area (Å²) < 4.78 is 0. The van der Waals surface area contributed by atoms with Gasteiger partial charge in [-0.05, 0) is 24.5 Å². The summed E-state index contributed by atoms with van der Waals surface area (Å²) in [6, 6.07) is 6.09. The Morgan fingerprint density at radius 2 is 2.22 bits per heavy atom. The Balaban J connectivity index is 1.83. The first-order valence-corrected chi connectivity index (χ1v) is 8.63. The van der Waals surface area contributed by atoms with Crippen LogP contribution in [-0.4, -0.2) is 23.3 Å². The second kappa shape index (κ2) is 6.50.